The Bertz CT molecular complexity index is 819. The van der Waals surface area contributed by atoms with Crippen molar-refractivity contribution < 1.29 is 14.3 Å². The molecule has 0 bridgehead atoms. The van der Waals surface area contributed by atoms with E-state index >= 15 is 0 Å². The van der Waals surface area contributed by atoms with Crippen molar-refractivity contribution in [1.29, 1.82) is 0 Å². The summed E-state index contributed by atoms with van der Waals surface area (Å²) in [5.41, 5.74) is 1.69. The monoisotopic (exact) mass is 415 g/mol. The van der Waals surface area contributed by atoms with E-state index in [9.17, 15) is 9.59 Å². The number of piperidine rings is 1. The topological polar surface area (TPSA) is 71.5 Å². The largest absolute Gasteiger partial charge is 0.494 e. The van der Waals surface area contributed by atoms with Gasteiger partial charge in [-0.05, 0) is 62.9 Å². The van der Waals surface area contributed by atoms with Gasteiger partial charge in [-0.2, -0.15) is 0 Å². The Morgan fingerprint density at radius 1 is 1.31 bits per heavy atom. The van der Waals surface area contributed by atoms with Crippen molar-refractivity contribution in [3.63, 3.8) is 0 Å². The highest BCUT2D eigenvalue weighted by Crippen LogP contribution is 2.21. The minimum atomic E-state index is -0.0481. The van der Waals surface area contributed by atoms with Crippen molar-refractivity contribution in [1.82, 2.24) is 9.88 Å². The third-order valence-electron chi connectivity index (χ3n) is 5.00. The molecule has 6 nitrogen and oxygen atoms in total. The molecule has 1 amide bonds. The molecule has 1 aromatic heterocycles. The molecular weight excluding hydrogens is 386 g/mol. The van der Waals surface area contributed by atoms with Gasteiger partial charge in [0.1, 0.15) is 5.75 Å². The molecule has 2 aromatic rings. The van der Waals surface area contributed by atoms with Crippen molar-refractivity contribution >= 4 is 28.2 Å². The van der Waals surface area contributed by atoms with Crippen molar-refractivity contribution in [3.05, 3.63) is 40.9 Å². The van der Waals surface area contributed by atoms with Crippen LogP contribution in [0.3, 0.4) is 0 Å². The van der Waals surface area contributed by atoms with Crippen molar-refractivity contribution in [2.24, 2.45) is 5.92 Å². The molecule has 7 heteroatoms. The average Bonchev–Trinajstić information content (AvgIpc) is 3.12. The van der Waals surface area contributed by atoms with Crippen LogP contribution >= 0.6 is 11.3 Å². The van der Waals surface area contributed by atoms with Crippen molar-refractivity contribution in [2.45, 2.75) is 46.1 Å². The Kier molecular flexibility index (Phi) is 7.77. The second-order valence-electron chi connectivity index (χ2n) is 7.71. The summed E-state index contributed by atoms with van der Waals surface area (Å²) in [4.78, 5) is 30.4. The number of amides is 1. The predicted molar refractivity (Wildman–Crippen MR) is 116 cm³/mol. The fourth-order valence-corrected chi connectivity index (χ4v) is 4.20. The first kappa shape index (κ1) is 21.5. The van der Waals surface area contributed by atoms with Crippen LogP contribution in [0.2, 0.25) is 0 Å². The third-order valence-corrected chi connectivity index (χ3v) is 5.81. The van der Waals surface area contributed by atoms with E-state index in [1.807, 2.05) is 5.38 Å². The molecule has 1 aliphatic heterocycles. The van der Waals surface area contributed by atoms with Gasteiger partial charge >= 0.3 is 0 Å². The van der Waals surface area contributed by atoms with Gasteiger partial charge in [0.05, 0.1) is 12.3 Å². The molecule has 29 heavy (non-hydrogen) atoms. The summed E-state index contributed by atoms with van der Waals surface area (Å²) in [6, 6.07) is 7.04. The molecule has 0 saturated carbocycles. The van der Waals surface area contributed by atoms with E-state index < -0.39 is 0 Å². The number of thiazole rings is 1. The van der Waals surface area contributed by atoms with Crippen LogP contribution in [0, 0.1) is 5.92 Å². The van der Waals surface area contributed by atoms with Gasteiger partial charge in [0.25, 0.3) is 0 Å². The minimum Gasteiger partial charge on any atom is -0.494 e. The first-order valence-corrected chi connectivity index (χ1v) is 11.1. The predicted octanol–water partition coefficient (Wildman–Crippen LogP) is 4.38. The number of anilines is 1. The van der Waals surface area contributed by atoms with Gasteiger partial charge in [0.2, 0.25) is 5.91 Å². The Labute approximate surface area is 176 Å². The van der Waals surface area contributed by atoms with Crippen LogP contribution in [0.5, 0.6) is 5.75 Å². The van der Waals surface area contributed by atoms with Crippen molar-refractivity contribution in [3.8, 4) is 5.75 Å². The lowest BCUT2D eigenvalue weighted by molar-refractivity contribution is -0.116. The number of aromatic nitrogens is 1. The molecule has 1 saturated heterocycles. The fourth-order valence-electron chi connectivity index (χ4n) is 3.49. The highest BCUT2D eigenvalue weighted by molar-refractivity contribution is 7.13. The van der Waals surface area contributed by atoms with Crippen molar-refractivity contribution in [2.75, 3.05) is 25.0 Å². The van der Waals surface area contributed by atoms with Gasteiger partial charge in [-0.1, -0.05) is 6.92 Å². The number of Topliss-reactive ketones (excluding diaryl/α,β-unsaturated/α-hetero) is 1. The van der Waals surface area contributed by atoms with Crippen LogP contribution in [0.4, 0.5) is 5.13 Å². The van der Waals surface area contributed by atoms with E-state index in [4.69, 9.17) is 4.74 Å². The van der Waals surface area contributed by atoms with Crippen LogP contribution in [-0.2, 0) is 11.3 Å². The molecule has 1 aromatic carbocycles. The van der Waals surface area contributed by atoms with Gasteiger partial charge in [0, 0.05) is 30.5 Å². The zero-order valence-corrected chi connectivity index (χ0v) is 18.0. The van der Waals surface area contributed by atoms with Crippen LogP contribution in [-0.4, -0.2) is 41.3 Å². The van der Waals surface area contributed by atoms with E-state index in [1.165, 1.54) is 31.1 Å². The summed E-state index contributed by atoms with van der Waals surface area (Å²) < 4.78 is 5.63. The first-order chi connectivity index (χ1) is 14.0. The van der Waals surface area contributed by atoms with E-state index in [0.717, 1.165) is 31.2 Å². The lowest BCUT2D eigenvalue weighted by Crippen LogP contribution is -2.33. The van der Waals surface area contributed by atoms with Gasteiger partial charge in [-0.15, -0.1) is 11.3 Å². The Morgan fingerprint density at radius 3 is 2.83 bits per heavy atom. The molecule has 1 N–H and O–H groups in total. The maximum Gasteiger partial charge on any atom is 0.226 e. The number of nitrogens with one attached hydrogen (secondary N) is 1. The van der Waals surface area contributed by atoms with E-state index in [1.54, 1.807) is 24.3 Å². The summed E-state index contributed by atoms with van der Waals surface area (Å²) in [6.07, 6.45) is 3.55. The third kappa shape index (κ3) is 6.94. The second-order valence-corrected chi connectivity index (χ2v) is 8.57. The normalized spacial score (nSPS) is 17.1. The number of likely N-dealkylation sites (tertiary alicyclic amines) is 1. The van der Waals surface area contributed by atoms with Crippen LogP contribution < -0.4 is 10.1 Å². The van der Waals surface area contributed by atoms with E-state index in [0.29, 0.717) is 35.9 Å². The van der Waals surface area contributed by atoms with Crippen LogP contribution in [0.15, 0.2) is 29.6 Å². The Hall–Kier alpha value is -2.25. The molecule has 1 atom stereocenters. The number of benzene rings is 1. The van der Waals surface area contributed by atoms with E-state index in [2.05, 4.69) is 22.1 Å². The summed E-state index contributed by atoms with van der Waals surface area (Å²) in [6.45, 7) is 7.38. The number of nitrogens with zero attached hydrogens (tertiary/aromatic N) is 2. The molecular formula is C22H29N3O3S. The van der Waals surface area contributed by atoms with E-state index in [-0.39, 0.29) is 11.7 Å². The Morgan fingerprint density at radius 2 is 2.10 bits per heavy atom. The number of ketones is 1. The number of carbonyl (C=O) groups excluding carboxylic acids is 2. The number of carbonyl (C=O) groups is 2. The van der Waals surface area contributed by atoms with Crippen LogP contribution in [0.1, 0.15) is 55.6 Å². The summed E-state index contributed by atoms with van der Waals surface area (Å²) in [7, 11) is 0. The molecule has 0 spiro atoms. The molecule has 1 aliphatic rings. The zero-order chi connectivity index (χ0) is 20.6. The highest BCUT2D eigenvalue weighted by Gasteiger charge is 2.17. The number of ether oxygens (including phenoxy) is 1. The molecule has 156 valence electrons. The molecule has 1 unspecified atom stereocenters. The number of hydrogen-bond acceptors (Lipinski definition) is 6. The maximum absolute atomic E-state index is 12.1. The zero-order valence-electron chi connectivity index (χ0n) is 17.1. The lowest BCUT2D eigenvalue weighted by atomic mass is 10.0. The molecule has 0 radical (unpaired) electrons. The lowest BCUT2D eigenvalue weighted by Gasteiger charge is -2.30. The molecule has 0 aliphatic carbocycles. The molecule has 2 heterocycles. The average molecular weight is 416 g/mol. The number of rotatable bonds is 9. The highest BCUT2D eigenvalue weighted by atomic mass is 32.1. The smallest absolute Gasteiger partial charge is 0.226 e. The van der Waals surface area contributed by atoms with Gasteiger partial charge in [0.15, 0.2) is 10.9 Å². The van der Waals surface area contributed by atoms with Crippen LogP contribution in [0.25, 0.3) is 0 Å². The van der Waals surface area contributed by atoms with Gasteiger partial charge < -0.3 is 10.1 Å². The fraction of sp³-hybridized carbons (Fsp3) is 0.500. The molecule has 3 rings (SSSR count). The second kappa shape index (κ2) is 10.5. The number of hydrogen-bond donors (Lipinski definition) is 1. The Balaban J connectivity index is 1.35. The van der Waals surface area contributed by atoms with Gasteiger partial charge in [-0.3, -0.25) is 14.5 Å². The SMILES string of the molecule is CC(=O)c1ccc(OCCCC(=O)Nc2nc(CN3CCCC(C)C3)cs2)cc1. The summed E-state index contributed by atoms with van der Waals surface area (Å²) in [5, 5.41) is 5.58. The van der Waals surface area contributed by atoms with Gasteiger partial charge in [-0.25, -0.2) is 4.98 Å². The standard InChI is InChI=1S/C22H29N3O3S/c1-16-5-3-11-25(13-16)14-19-15-29-22(23-19)24-21(27)6-4-12-28-20-9-7-18(8-10-20)17(2)26/h7-10,15-16H,3-6,11-14H2,1-2H3,(H,23,24,27). The summed E-state index contributed by atoms with van der Waals surface area (Å²) in [5.74, 6) is 1.43. The first-order valence-electron chi connectivity index (χ1n) is 10.2. The minimum absolute atomic E-state index is 0.0315. The quantitative estimate of drug-likeness (QED) is 0.486. The molecule has 1 fully saturated rings. The summed E-state index contributed by atoms with van der Waals surface area (Å²) >= 11 is 1.48. The maximum atomic E-state index is 12.1.